The monoisotopic (exact) mass is 459 g/mol. The first-order valence-corrected chi connectivity index (χ1v) is 12.2. The SMILES string of the molecule is CCNC(=O)COc1ccc(NC(=O)Cc2ccc(S(=O)(=O)N3CCCCC3)cc2)cc1. The van der Waals surface area contributed by atoms with Crippen LogP contribution >= 0.6 is 0 Å². The van der Waals surface area contributed by atoms with Crippen molar-refractivity contribution in [2.45, 2.75) is 37.5 Å². The van der Waals surface area contributed by atoms with Crippen LogP contribution in [0.5, 0.6) is 5.75 Å². The quantitative estimate of drug-likeness (QED) is 0.600. The largest absolute Gasteiger partial charge is 0.484 e. The summed E-state index contributed by atoms with van der Waals surface area (Å²) < 4.78 is 32.4. The molecule has 2 amide bonds. The van der Waals surface area contributed by atoms with E-state index in [4.69, 9.17) is 4.74 Å². The highest BCUT2D eigenvalue weighted by Crippen LogP contribution is 2.21. The smallest absolute Gasteiger partial charge is 0.257 e. The number of hydrogen-bond donors (Lipinski definition) is 2. The van der Waals surface area contributed by atoms with Crippen molar-refractivity contribution in [2.24, 2.45) is 0 Å². The Bertz CT molecular complexity index is 1010. The molecule has 0 unspecified atom stereocenters. The molecule has 0 aromatic heterocycles. The lowest BCUT2D eigenvalue weighted by Crippen LogP contribution is -2.35. The zero-order chi connectivity index (χ0) is 23.0. The number of benzene rings is 2. The average molecular weight is 460 g/mol. The van der Waals surface area contributed by atoms with Gasteiger partial charge in [-0.2, -0.15) is 4.31 Å². The van der Waals surface area contributed by atoms with Crippen molar-refractivity contribution in [3.05, 3.63) is 54.1 Å². The molecule has 172 valence electrons. The molecule has 1 saturated heterocycles. The summed E-state index contributed by atoms with van der Waals surface area (Å²) in [6.45, 7) is 3.43. The van der Waals surface area contributed by atoms with E-state index in [9.17, 15) is 18.0 Å². The molecule has 0 saturated carbocycles. The van der Waals surface area contributed by atoms with Gasteiger partial charge in [-0.1, -0.05) is 18.6 Å². The van der Waals surface area contributed by atoms with E-state index in [1.807, 2.05) is 6.92 Å². The highest BCUT2D eigenvalue weighted by Gasteiger charge is 2.25. The fraction of sp³-hybridized carbons (Fsp3) is 0.391. The third-order valence-corrected chi connectivity index (χ3v) is 7.04. The van der Waals surface area contributed by atoms with E-state index in [1.54, 1.807) is 48.5 Å². The fourth-order valence-corrected chi connectivity index (χ4v) is 4.97. The molecule has 3 rings (SSSR count). The Balaban J connectivity index is 1.52. The van der Waals surface area contributed by atoms with E-state index in [0.29, 0.717) is 31.1 Å². The molecule has 0 bridgehead atoms. The topological polar surface area (TPSA) is 105 Å². The van der Waals surface area contributed by atoms with E-state index in [-0.39, 0.29) is 29.7 Å². The summed E-state index contributed by atoms with van der Waals surface area (Å²) in [5, 5.41) is 5.45. The summed E-state index contributed by atoms with van der Waals surface area (Å²) in [6.07, 6.45) is 2.96. The lowest BCUT2D eigenvalue weighted by molar-refractivity contribution is -0.123. The first kappa shape index (κ1) is 23.7. The van der Waals surface area contributed by atoms with E-state index in [1.165, 1.54) is 4.31 Å². The van der Waals surface area contributed by atoms with Crippen LogP contribution < -0.4 is 15.4 Å². The number of ether oxygens (including phenoxy) is 1. The minimum Gasteiger partial charge on any atom is -0.484 e. The van der Waals surface area contributed by atoms with Crippen molar-refractivity contribution in [1.29, 1.82) is 0 Å². The Morgan fingerprint density at radius 2 is 1.59 bits per heavy atom. The molecule has 0 radical (unpaired) electrons. The second-order valence-electron chi connectivity index (χ2n) is 7.60. The molecule has 1 aliphatic rings. The molecule has 2 aromatic rings. The predicted molar refractivity (Wildman–Crippen MR) is 122 cm³/mol. The van der Waals surface area contributed by atoms with Crippen LogP contribution in [0.15, 0.2) is 53.4 Å². The van der Waals surface area contributed by atoms with Crippen LogP contribution in [0.3, 0.4) is 0 Å². The van der Waals surface area contributed by atoms with Crippen LogP contribution in [0.1, 0.15) is 31.7 Å². The number of amides is 2. The Hall–Kier alpha value is -2.91. The number of rotatable bonds is 9. The Morgan fingerprint density at radius 1 is 0.938 bits per heavy atom. The Morgan fingerprint density at radius 3 is 2.22 bits per heavy atom. The molecule has 9 heteroatoms. The zero-order valence-electron chi connectivity index (χ0n) is 18.2. The van der Waals surface area contributed by atoms with Crippen molar-refractivity contribution >= 4 is 27.5 Å². The summed E-state index contributed by atoms with van der Waals surface area (Å²) in [5.74, 6) is 0.118. The fourth-order valence-electron chi connectivity index (χ4n) is 3.46. The molecular weight excluding hydrogens is 430 g/mol. The van der Waals surface area contributed by atoms with Crippen molar-refractivity contribution < 1.29 is 22.7 Å². The van der Waals surface area contributed by atoms with Crippen molar-refractivity contribution in [1.82, 2.24) is 9.62 Å². The van der Waals surface area contributed by atoms with Crippen LogP contribution in [-0.2, 0) is 26.0 Å². The van der Waals surface area contributed by atoms with Gasteiger partial charge >= 0.3 is 0 Å². The third kappa shape index (κ3) is 6.54. The number of sulfonamides is 1. The summed E-state index contributed by atoms with van der Waals surface area (Å²) in [5.41, 5.74) is 1.33. The molecule has 8 nitrogen and oxygen atoms in total. The highest BCUT2D eigenvalue weighted by atomic mass is 32.2. The second-order valence-corrected chi connectivity index (χ2v) is 9.54. The molecule has 0 aliphatic carbocycles. The standard InChI is InChI=1S/C23H29N3O5S/c1-2-24-23(28)17-31-20-10-8-19(9-11-20)25-22(27)16-18-6-12-21(13-7-18)32(29,30)26-14-4-3-5-15-26/h6-13H,2-5,14-17H2,1H3,(H,24,28)(H,25,27). The van der Waals surface area contributed by atoms with Crippen LogP contribution in [-0.4, -0.2) is 50.8 Å². The van der Waals surface area contributed by atoms with Gasteiger partial charge in [0, 0.05) is 25.3 Å². The van der Waals surface area contributed by atoms with E-state index < -0.39 is 10.0 Å². The first-order valence-electron chi connectivity index (χ1n) is 10.8. The molecule has 0 atom stereocenters. The van der Waals surface area contributed by atoms with Crippen molar-refractivity contribution in [2.75, 3.05) is 31.6 Å². The van der Waals surface area contributed by atoms with Crippen molar-refractivity contribution in [3.8, 4) is 5.75 Å². The Labute approximate surface area is 189 Å². The van der Waals surface area contributed by atoms with Gasteiger partial charge in [0.15, 0.2) is 6.61 Å². The molecular formula is C23H29N3O5S. The van der Waals surface area contributed by atoms with E-state index in [2.05, 4.69) is 10.6 Å². The number of hydrogen-bond acceptors (Lipinski definition) is 5. The molecule has 1 aliphatic heterocycles. The minimum absolute atomic E-state index is 0.0664. The molecule has 2 N–H and O–H groups in total. The predicted octanol–water partition coefficient (Wildman–Crippen LogP) is 2.56. The molecule has 0 spiro atoms. The van der Waals surface area contributed by atoms with Crippen LogP contribution in [0.2, 0.25) is 0 Å². The zero-order valence-corrected chi connectivity index (χ0v) is 19.0. The normalized spacial score (nSPS) is 14.5. The number of nitrogens with zero attached hydrogens (tertiary/aromatic N) is 1. The number of carbonyl (C=O) groups excluding carboxylic acids is 2. The van der Waals surface area contributed by atoms with Gasteiger partial charge in [0.2, 0.25) is 15.9 Å². The van der Waals surface area contributed by atoms with Gasteiger partial charge in [-0.05, 0) is 61.7 Å². The number of likely N-dealkylation sites (N-methyl/N-ethyl adjacent to an activating group) is 1. The number of carbonyl (C=O) groups is 2. The van der Waals surface area contributed by atoms with E-state index >= 15 is 0 Å². The van der Waals surface area contributed by atoms with E-state index in [0.717, 1.165) is 24.8 Å². The summed E-state index contributed by atoms with van der Waals surface area (Å²) >= 11 is 0. The summed E-state index contributed by atoms with van der Waals surface area (Å²) in [6, 6.07) is 13.2. The molecule has 32 heavy (non-hydrogen) atoms. The average Bonchev–Trinajstić information content (AvgIpc) is 2.80. The molecule has 1 heterocycles. The van der Waals surface area contributed by atoms with Gasteiger partial charge in [0.25, 0.3) is 5.91 Å². The maximum atomic E-state index is 12.7. The van der Waals surface area contributed by atoms with Gasteiger partial charge in [-0.3, -0.25) is 9.59 Å². The maximum absolute atomic E-state index is 12.7. The summed E-state index contributed by atoms with van der Waals surface area (Å²) in [4.78, 5) is 24.0. The van der Waals surface area contributed by atoms with Crippen LogP contribution in [0.25, 0.3) is 0 Å². The summed E-state index contributed by atoms with van der Waals surface area (Å²) in [7, 11) is -3.48. The van der Waals surface area contributed by atoms with Crippen LogP contribution in [0, 0.1) is 0 Å². The van der Waals surface area contributed by atoms with Gasteiger partial charge in [0.05, 0.1) is 11.3 Å². The number of anilines is 1. The lowest BCUT2D eigenvalue weighted by atomic mass is 10.1. The lowest BCUT2D eigenvalue weighted by Gasteiger charge is -2.25. The molecule has 2 aromatic carbocycles. The van der Waals surface area contributed by atoms with Gasteiger partial charge < -0.3 is 15.4 Å². The molecule has 1 fully saturated rings. The third-order valence-electron chi connectivity index (χ3n) is 5.12. The van der Waals surface area contributed by atoms with Crippen LogP contribution in [0.4, 0.5) is 5.69 Å². The highest BCUT2D eigenvalue weighted by molar-refractivity contribution is 7.89. The Kier molecular flexibility index (Phi) is 8.24. The maximum Gasteiger partial charge on any atom is 0.257 e. The second kappa shape index (κ2) is 11.1. The van der Waals surface area contributed by atoms with Gasteiger partial charge in [0.1, 0.15) is 5.75 Å². The number of piperidine rings is 1. The minimum atomic E-state index is -3.48. The first-order chi connectivity index (χ1) is 15.4. The number of nitrogens with one attached hydrogen (secondary N) is 2. The van der Waals surface area contributed by atoms with Gasteiger partial charge in [-0.15, -0.1) is 0 Å². The van der Waals surface area contributed by atoms with Gasteiger partial charge in [-0.25, -0.2) is 8.42 Å². The van der Waals surface area contributed by atoms with Crippen molar-refractivity contribution in [3.63, 3.8) is 0 Å².